The topological polar surface area (TPSA) is 81.4 Å². The first-order valence-electron chi connectivity index (χ1n) is 10.4. The second kappa shape index (κ2) is 6.86. The molecule has 0 aliphatic carbocycles. The number of nitrogens with zero attached hydrogens (tertiary/aromatic N) is 4. The van der Waals surface area contributed by atoms with E-state index in [1.54, 1.807) is 37.0 Å². The Kier molecular flexibility index (Phi) is 4.46. The molecule has 1 saturated heterocycles. The van der Waals surface area contributed by atoms with Crippen LogP contribution in [0, 0.1) is 13.8 Å². The second-order valence-corrected chi connectivity index (χ2v) is 10.3. The average molecular weight is 442 g/mol. The molecular formula is C22H27N5O3S. The van der Waals surface area contributed by atoms with Crippen LogP contribution < -0.4 is 10.1 Å². The van der Waals surface area contributed by atoms with Crippen molar-refractivity contribution in [3.05, 3.63) is 53.6 Å². The van der Waals surface area contributed by atoms with E-state index in [1.165, 1.54) is 0 Å². The van der Waals surface area contributed by atoms with Crippen LogP contribution >= 0.6 is 0 Å². The predicted molar refractivity (Wildman–Crippen MR) is 118 cm³/mol. The number of hydrogen-bond acceptors (Lipinski definition) is 5. The van der Waals surface area contributed by atoms with Gasteiger partial charge >= 0.3 is 0 Å². The van der Waals surface area contributed by atoms with Crippen LogP contribution in [0.4, 0.5) is 5.69 Å². The molecule has 9 heteroatoms. The molecule has 4 heterocycles. The van der Waals surface area contributed by atoms with E-state index in [-0.39, 0.29) is 5.54 Å². The normalized spacial score (nSPS) is 17.8. The van der Waals surface area contributed by atoms with Gasteiger partial charge in [-0.15, -0.1) is 0 Å². The van der Waals surface area contributed by atoms with E-state index in [2.05, 4.69) is 27.2 Å². The molecular weight excluding hydrogens is 414 g/mol. The molecule has 0 radical (unpaired) electrons. The van der Waals surface area contributed by atoms with Crippen LogP contribution in [0.25, 0.3) is 5.69 Å². The fourth-order valence-corrected chi connectivity index (χ4v) is 6.84. The maximum Gasteiger partial charge on any atom is 0.246 e. The van der Waals surface area contributed by atoms with Gasteiger partial charge in [0.25, 0.3) is 0 Å². The summed E-state index contributed by atoms with van der Waals surface area (Å²) < 4.78 is 37.7. The van der Waals surface area contributed by atoms with Gasteiger partial charge in [-0.2, -0.15) is 9.40 Å². The van der Waals surface area contributed by atoms with Crippen molar-refractivity contribution in [2.24, 2.45) is 7.05 Å². The largest absolute Gasteiger partial charge is 0.497 e. The van der Waals surface area contributed by atoms with Crippen LogP contribution in [-0.2, 0) is 22.6 Å². The van der Waals surface area contributed by atoms with Crippen LogP contribution in [-0.4, -0.2) is 47.3 Å². The molecule has 1 N–H and O–H groups in total. The highest BCUT2D eigenvalue weighted by molar-refractivity contribution is 7.89. The number of piperidine rings is 1. The molecule has 164 valence electrons. The Balaban J connectivity index is 1.47. The second-order valence-electron chi connectivity index (χ2n) is 8.38. The lowest BCUT2D eigenvalue weighted by atomic mass is 9.83. The maximum atomic E-state index is 13.4. The van der Waals surface area contributed by atoms with Crippen LogP contribution in [0.1, 0.15) is 29.9 Å². The Bertz CT molecular complexity index is 1270. The van der Waals surface area contributed by atoms with Crippen molar-refractivity contribution in [1.29, 1.82) is 0 Å². The van der Waals surface area contributed by atoms with Crippen molar-refractivity contribution in [3.63, 3.8) is 0 Å². The molecule has 0 bridgehead atoms. The van der Waals surface area contributed by atoms with Crippen molar-refractivity contribution >= 4 is 15.7 Å². The summed E-state index contributed by atoms with van der Waals surface area (Å²) in [7, 11) is -0.162. The number of aromatic nitrogens is 3. The fourth-order valence-electron chi connectivity index (χ4n) is 5.00. The zero-order valence-corrected chi connectivity index (χ0v) is 19.0. The molecule has 0 saturated carbocycles. The van der Waals surface area contributed by atoms with E-state index in [1.807, 2.05) is 24.3 Å². The SMILES string of the molecule is COc1ccc2c(c1)NC1(CCN(S(=O)(=O)c3c(C)nn(C)c3C)CC1)c1cccn1-2. The number of rotatable bonds is 3. The highest BCUT2D eigenvalue weighted by Gasteiger charge is 2.44. The van der Waals surface area contributed by atoms with Gasteiger partial charge in [0.2, 0.25) is 10.0 Å². The summed E-state index contributed by atoms with van der Waals surface area (Å²) in [5.41, 5.74) is 4.13. The number of fused-ring (bicyclic) bond motifs is 4. The summed E-state index contributed by atoms with van der Waals surface area (Å²) in [5, 5.41) is 8.03. The molecule has 2 aliphatic heterocycles. The first kappa shape index (κ1) is 20.1. The quantitative estimate of drug-likeness (QED) is 0.676. The monoisotopic (exact) mass is 441 g/mol. The minimum atomic E-state index is -3.60. The lowest BCUT2D eigenvalue weighted by molar-refractivity contribution is 0.247. The molecule has 1 spiro atoms. The van der Waals surface area contributed by atoms with Gasteiger partial charge in [0.1, 0.15) is 10.6 Å². The van der Waals surface area contributed by atoms with Gasteiger partial charge < -0.3 is 14.6 Å². The Morgan fingerprint density at radius 2 is 1.90 bits per heavy atom. The van der Waals surface area contributed by atoms with Gasteiger partial charge in [-0.1, -0.05) is 0 Å². The summed E-state index contributed by atoms with van der Waals surface area (Å²) in [6.07, 6.45) is 3.41. The third-order valence-electron chi connectivity index (χ3n) is 6.69. The lowest BCUT2D eigenvalue weighted by Crippen LogP contribution is -2.51. The zero-order chi connectivity index (χ0) is 22.0. The highest BCUT2D eigenvalue weighted by Crippen LogP contribution is 2.45. The zero-order valence-electron chi connectivity index (χ0n) is 18.2. The standard InChI is InChI=1S/C22H27N5O3S/c1-15-21(16(2)25(3)24-15)31(28,29)26-12-9-22(10-13-26)20-6-5-11-27(20)19-8-7-17(30-4)14-18(19)23-22/h5-8,11,14,23H,9-10,12-13H2,1-4H3. The third kappa shape index (κ3) is 2.90. The van der Waals surface area contributed by atoms with E-state index >= 15 is 0 Å². The van der Waals surface area contributed by atoms with E-state index in [9.17, 15) is 8.42 Å². The number of nitrogens with one attached hydrogen (secondary N) is 1. The predicted octanol–water partition coefficient (Wildman–Crippen LogP) is 2.94. The smallest absolute Gasteiger partial charge is 0.246 e. The van der Waals surface area contributed by atoms with E-state index in [0.717, 1.165) is 22.8 Å². The summed E-state index contributed by atoms with van der Waals surface area (Å²) in [6.45, 7) is 4.44. The highest BCUT2D eigenvalue weighted by atomic mass is 32.2. The summed E-state index contributed by atoms with van der Waals surface area (Å²) in [6, 6.07) is 10.2. The van der Waals surface area contributed by atoms with Crippen LogP contribution in [0.5, 0.6) is 5.75 Å². The van der Waals surface area contributed by atoms with Crippen molar-refractivity contribution in [2.45, 2.75) is 37.1 Å². The van der Waals surface area contributed by atoms with Crippen molar-refractivity contribution in [1.82, 2.24) is 18.7 Å². The van der Waals surface area contributed by atoms with Gasteiger partial charge in [0, 0.05) is 38.1 Å². The number of aryl methyl sites for hydroxylation is 2. The summed E-state index contributed by atoms with van der Waals surface area (Å²) in [4.78, 5) is 0.334. The van der Waals surface area contributed by atoms with Crippen LogP contribution in [0.15, 0.2) is 41.4 Å². The Labute approximate surface area is 182 Å². The molecule has 0 unspecified atom stereocenters. The van der Waals surface area contributed by atoms with Gasteiger partial charge in [0.15, 0.2) is 0 Å². The minimum Gasteiger partial charge on any atom is -0.497 e. The maximum absolute atomic E-state index is 13.4. The van der Waals surface area contributed by atoms with Gasteiger partial charge in [0.05, 0.1) is 35.4 Å². The van der Waals surface area contributed by atoms with Gasteiger partial charge in [-0.25, -0.2) is 8.42 Å². The number of sulfonamides is 1. The Hall–Kier alpha value is -2.78. The number of anilines is 1. The molecule has 1 fully saturated rings. The van der Waals surface area contributed by atoms with Crippen LogP contribution in [0.2, 0.25) is 0 Å². The first-order valence-corrected chi connectivity index (χ1v) is 11.9. The molecule has 2 aromatic heterocycles. The molecule has 31 heavy (non-hydrogen) atoms. The molecule has 5 rings (SSSR count). The molecule has 3 aromatic rings. The number of methoxy groups -OCH3 is 1. The number of ether oxygens (including phenoxy) is 1. The molecule has 0 amide bonds. The minimum absolute atomic E-state index is 0.325. The fraction of sp³-hybridized carbons (Fsp3) is 0.409. The lowest BCUT2D eigenvalue weighted by Gasteiger charge is -2.46. The molecule has 2 aliphatic rings. The molecule has 8 nitrogen and oxygen atoms in total. The number of hydrogen-bond donors (Lipinski definition) is 1. The molecule has 1 aromatic carbocycles. The Morgan fingerprint density at radius 3 is 2.55 bits per heavy atom. The summed E-state index contributed by atoms with van der Waals surface area (Å²) >= 11 is 0. The van der Waals surface area contributed by atoms with E-state index in [4.69, 9.17) is 4.74 Å². The van der Waals surface area contributed by atoms with Gasteiger partial charge in [-0.3, -0.25) is 4.68 Å². The van der Waals surface area contributed by atoms with Crippen LogP contribution in [0.3, 0.4) is 0 Å². The van der Waals surface area contributed by atoms with E-state index < -0.39 is 10.0 Å². The molecule has 0 atom stereocenters. The summed E-state index contributed by atoms with van der Waals surface area (Å²) in [5.74, 6) is 0.791. The Morgan fingerprint density at radius 1 is 1.16 bits per heavy atom. The van der Waals surface area contributed by atoms with E-state index in [0.29, 0.717) is 42.2 Å². The van der Waals surface area contributed by atoms with Crippen molar-refractivity contribution < 1.29 is 13.2 Å². The number of benzene rings is 1. The van der Waals surface area contributed by atoms with Gasteiger partial charge in [-0.05, 0) is 51.0 Å². The van der Waals surface area contributed by atoms with Crippen molar-refractivity contribution in [3.8, 4) is 11.4 Å². The average Bonchev–Trinajstić information content (AvgIpc) is 3.33. The van der Waals surface area contributed by atoms with Crippen molar-refractivity contribution in [2.75, 3.05) is 25.5 Å². The third-order valence-corrected chi connectivity index (χ3v) is 8.84. The first-order chi connectivity index (χ1) is 14.8.